The van der Waals surface area contributed by atoms with Crippen LogP contribution in [0.2, 0.25) is 0 Å². The topological polar surface area (TPSA) is 29.1 Å². The smallest absolute Gasteiger partial charge is 0.221 e. The van der Waals surface area contributed by atoms with E-state index in [1.54, 1.807) is 0 Å². The Morgan fingerprint density at radius 3 is 2.19 bits per heavy atom. The maximum Gasteiger partial charge on any atom is 0.221 e. The van der Waals surface area contributed by atoms with Gasteiger partial charge in [-0.25, -0.2) is 0 Å². The summed E-state index contributed by atoms with van der Waals surface area (Å²) in [6.07, 6.45) is 1.25. The number of hydrogen-bond donors (Lipinski definition) is 1. The van der Waals surface area contributed by atoms with E-state index in [1.807, 2.05) is 45.0 Å². The zero-order valence-electron chi connectivity index (χ0n) is 11.4. The van der Waals surface area contributed by atoms with E-state index in [2.05, 4.69) is 19.2 Å². The Balaban J connectivity index is -0.000000286. The Hall–Kier alpha value is -1.31. The molecule has 0 aliphatic heterocycles. The molecule has 16 heavy (non-hydrogen) atoms. The van der Waals surface area contributed by atoms with Gasteiger partial charge >= 0.3 is 0 Å². The van der Waals surface area contributed by atoms with Gasteiger partial charge in [-0.05, 0) is 24.6 Å². The van der Waals surface area contributed by atoms with Crippen molar-refractivity contribution >= 4 is 11.6 Å². The summed E-state index contributed by atoms with van der Waals surface area (Å²) in [6, 6.07) is 7.71. The highest BCUT2D eigenvalue weighted by molar-refractivity contribution is 5.88. The van der Waals surface area contributed by atoms with Crippen LogP contribution in [0.4, 0.5) is 5.69 Å². The number of aryl methyl sites for hydroxylation is 1. The lowest BCUT2D eigenvalue weighted by Crippen LogP contribution is -2.05. The first-order chi connectivity index (χ1) is 7.60. The summed E-state index contributed by atoms with van der Waals surface area (Å²) >= 11 is 0. The summed E-state index contributed by atoms with van der Waals surface area (Å²) in [5, 5.41) is 2.71. The van der Waals surface area contributed by atoms with E-state index in [9.17, 15) is 4.79 Å². The second-order valence-corrected chi connectivity index (χ2v) is 3.26. The monoisotopic (exact) mass is 225 g/mol. The Morgan fingerprint density at radius 1 is 1.31 bits per heavy atom. The second-order valence-electron chi connectivity index (χ2n) is 3.26. The quantitative estimate of drug-likeness (QED) is 0.741. The van der Waals surface area contributed by atoms with Gasteiger partial charge in [-0.3, -0.25) is 4.79 Å². The number of carbonyl (C=O) groups is 1. The fourth-order valence-electron chi connectivity index (χ4n) is 0.926. The number of amides is 1. The second kappa shape index (κ2) is 11.8. The van der Waals surface area contributed by atoms with Gasteiger partial charge in [-0.1, -0.05) is 46.2 Å². The van der Waals surface area contributed by atoms with Crippen molar-refractivity contribution in [1.82, 2.24) is 0 Å². The van der Waals surface area contributed by atoms with Crippen LogP contribution in [-0.2, 0) is 4.79 Å². The van der Waals surface area contributed by atoms with Crippen LogP contribution in [0.1, 0.15) is 48.0 Å². The van der Waals surface area contributed by atoms with E-state index in [-0.39, 0.29) is 7.33 Å². The largest absolute Gasteiger partial charge is 0.326 e. The third-order valence-electron chi connectivity index (χ3n) is 1.34. The van der Waals surface area contributed by atoms with Crippen LogP contribution in [0.3, 0.4) is 0 Å². The molecule has 1 rings (SSSR count). The average Bonchev–Trinajstić information content (AvgIpc) is 2.21. The molecule has 94 valence electrons. The highest BCUT2D eigenvalue weighted by atomic mass is 16.1. The van der Waals surface area contributed by atoms with E-state index >= 15 is 0 Å². The van der Waals surface area contributed by atoms with Gasteiger partial charge in [-0.2, -0.15) is 0 Å². The molecule has 0 aromatic heterocycles. The van der Waals surface area contributed by atoms with E-state index in [4.69, 9.17) is 0 Å². The van der Waals surface area contributed by atoms with Crippen molar-refractivity contribution in [3.8, 4) is 0 Å². The maximum absolute atomic E-state index is 10.6. The molecule has 0 radical (unpaired) electrons. The van der Waals surface area contributed by atoms with Crippen molar-refractivity contribution in [2.24, 2.45) is 0 Å². The fourth-order valence-corrected chi connectivity index (χ4v) is 0.926. The Bertz CT molecular complexity index is 287. The minimum absolute atomic E-state index is 0. The summed E-state index contributed by atoms with van der Waals surface area (Å²) in [7, 11) is 0. The average molecular weight is 225 g/mol. The number of anilines is 1. The zero-order chi connectivity index (χ0) is 13.0. The molecule has 1 aromatic carbocycles. The SMILES string of the molecule is CC.CC(=O)Nc1cccc(C)c1.CCC.[HH]. The molecular weight excluding hydrogens is 198 g/mol. The first kappa shape index (κ1) is 17.1. The molecular formula is C14H27NO. The van der Waals surface area contributed by atoms with E-state index in [0.717, 1.165) is 11.3 Å². The van der Waals surface area contributed by atoms with Crippen LogP contribution in [0.25, 0.3) is 0 Å². The lowest BCUT2D eigenvalue weighted by Gasteiger charge is -2.01. The molecule has 2 heteroatoms. The van der Waals surface area contributed by atoms with Crippen LogP contribution in [0.5, 0.6) is 0 Å². The lowest BCUT2D eigenvalue weighted by atomic mass is 10.2. The summed E-state index contributed by atoms with van der Waals surface area (Å²) in [5.41, 5.74) is 2.01. The van der Waals surface area contributed by atoms with Gasteiger partial charge in [0, 0.05) is 14.0 Å². The molecule has 0 saturated carbocycles. The summed E-state index contributed by atoms with van der Waals surface area (Å²) in [4.78, 5) is 10.6. The highest BCUT2D eigenvalue weighted by Gasteiger charge is 1.93. The minimum atomic E-state index is -0.0319. The van der Waals surface area contributed by atoms with Crippen molar-refractivity contribution in [3.63, 3.8) is 0 Å². The van der Waals surface area contributed by atoms with Crippen molar-refractivity contribution < 1.29 is 6.22 Å². The van der Waals surface area contributed by atoms with Gasteiger partial charge in [0.2, 0.25) is 5.91 Å². The molecule has 1 N–H and O–H groups in total. The molecule has 0 aliphatic carbocycles. The Kier molecular flexibility index (Phi) is 12.6. The Labute approximate surface area is 102 Å². The third-order valence-corrected chi connectivity index (χ3v) is 1.34. The van der Waals surface area contributed by atoms with E-state index in [1.165, 1.54) is 13.3 Å². The third kappa shape index (κ3) is 10.8. The number of rotatable bonds is 1. The molecule has 0 heterocycles. The number of carbonyl (C=O) groups excluding carboxylic acids is 1. The summed E-state index contributed by atoms with van der Waals surface area (Å²) < 4.78 is 0. The van der Waals surface area contributed by atoms with Crippen LogP contribution in [0, 0.1) is 6.92 Å². The molecule has 0 aliphatic rings. The molecule has 0 spiro atoms. The van der Waals surface area contributed by atoms with Gasteiger partial charge in [0.1, 0.15) is 0 Å². The van der Waals surface area contributed by atoms with Crippen LogP contribution in [-0.4, -0.2) is 5.91 Å². The molecule has 0 atom stereocenters. The maximum atomic E-state index is 10.6. The number of hydrogen-bond acceptors (Lipinski definition) is 1. The standard InChI is InChI=1S/C9H11NO.C3H8.C2H6.H2/c1-7-4-3-5-9(6-7)10-8(2)11;1-3-2;1-2;/h3-6H,1-2H3,(H,10,11);3H2,1-2H3;1-2H3;1H. The molecule has 0 bridgehead atoms. The number of benzene rings is 1. The van der Waals surface area contributed by atoms with Gasteiger partial charge < -0.3 is 5.32 Å². The first-order valence-corrected chi connectivity index (χ1v) is 5.94. The van der Waals surface area contributed by atoms with Gasteiger partial charge in [0.15, 0.2) is 0 Å². The molecule has 0 saturated heterocycles. The lowest BCUT2D eigenvalue weighted by molar-refractivity contribution is -0.114. The Morgan fingerprint density at radius 2 is 1.81 bits per heavy atom. The molecule has 2 nitrogen and oxygen atoms in total. The first-order valence-electron chi connectivity index (χ1n) is 5.94. The van der Waals surface area contributed by atoms with Crippen molar-refractivity contribution in [3.05, 3.63) is 29.8 Å². The summed E-state index contributed by atoms with van der Waals surface area (Å²) in [5.74, 6) is -0.0319. The van der Waals surface area contributed by atoms with Crippen LogP contribution < -0.4 is 5.32 Å². The number of nitrogens with one attached hydrogen (secondary N) is 1. The van der Waals surface area contributed by atoms with Gasteiger partial charge in [0.25, 0.3) is 0 Å². The predicted molar refractivity (Wildman–Crippen MR) is 74.9 cm³/mol. The highest BCUT2D eigenvalue weighted by Crippen LogP contribution is 2.08. The molecule has 0 fully saturated rings. The van der Waals surface area contributed by atoms with Gasteiger partial charge in [-0.15, -0.1) is 0 Å². The minimum Gasteiger partial charge on any atom is -0.326 e. The van der Waals surface area contributed by atoms with Crippen molar-refractivity contribution in [2.45, 2.75) is 48.0 Å². The fraction of sp³-hybridized carbons (Fsp3) is 0.500. The van der Waals surface area contributed by atoms with E-state index < -0.39 is 0 Å². The van der Waals surface area contributed by atoms with Crippen LogP contribution >= 0.6 is 0 Å². The van der Waals surface area contributed by atoms with Crippen LogP contribution in [0.15, 0.2) is 24.3 Å². The van der Waals surface area contributed by atoms with Crippen molar-refractivity contribution in [2.75, 3.05) is 5.32 Å². The molecule has 1 amide bonds. The summed E-state index contributed by atoms with van der Waals surface area (Å²) in [6.45, 7) is 11.7. The van der Waals surface area contributed by atoms with Crippen molar-refractivity contribution in [1.29, 1.82) is 0 Å². The normalized spacial score (nSPS) is 7.88. The van der Waals surface area contributed by atoms with Gasteiger partial charge in [0.05, 0.1) is 0 Å². The zero-order valence-corrected chi connectivity index (χ0v) is 11.4. The predicted octanol–water partition coefficient (Wildman–Crippen LogP) is 4.64. The molecule has 1 aromatic rings. The molecule has 0 unspecified atom stereocenters. The van der Waals surface area contributed by atoms with E-state index in [0.29, 0.717) is 0 Å².